The zero-order chi connectivity index (χ0) is 11.5. The SMILES string of the molecule is C#CCCCn1ccn2c(C)cc(=O)nc12. The molecule has 0 amide bonds. The fourth-order valence-corrected chi connectivity index (χ4v) is 1.72. The molecule has 0 aliphatic heterocycles. The van der Waals surface area contributed by atoms with Crippen LogP contribution in [0.4, 0.5) is 0 Å². The van der Waals surface area contributed by atoms with Crippen LogP contribution in [0.2, 0.25) is 0 Å². The maximum atomic E-state index is 11.3. The van der Waals surface area contributed by atoms with Crippen molar-refractivity contribution in [3.8, 4) is 12.3 Å². The van der Waals surface area contributed by atoms with Crippen LogP contribution in [-0.4, -0.2) is 14.0 Å². The molecule has 0 saturated carbocycles. The van der Waals surface area contributed by atoms with E-state index in [0.717, 1.165) is 25.1 Å². The second kappa shape index (κ2) is 4.23. The summed E-state index contributed by atoms with van der Waals surface area (Å²) >= 11 is 0. The van der Waals surface area contributed by atoms with Gasteiger partial charge in [0.1, 0.15) is 0 Å². The Hall–Kier alpha value is -2.02. The lowest BCUT2D eigenvalue weighted by Crippen LogP contribution is -2.11. The second-order valence-corrected chi connectivity index (χ2v) is 3.70. The summed E-state index contributed by atoms with van der Waals surface area (Å²) in [6, 6.07) is 1.53. The Labute approximate surface area is 93.5 Å². The van der Waals surface area contributed by atoms with Crippen LogP contribution in [0.3, 0.4) is 0 Å². The third-order valence-electron chi connectivity index (χ3n) is 2.51. The Morgan fingerprint density at radius 2 is 2.31 bits per heavy atom. The van der Waals surface area contributed by atoms with Gasteiger partial charge in [-0.2, -0.15) is 4.98 Å². The summed E-state index contributed by atoms with van der Waals surface area (Å²) in [5.41, 5.74) is 0.695. The van der Waals surface area contributed by atoms with Crippen LogP contribution in [-0.2, 0) is 6.54 Å². The molecular weight excluding hydrogens is 202 g/mol. The summed E-state index contributed by atoms with van der Waals surface area (Å²) in [6.45, 7) is 2.68. The normalized spacial score (nSPS) is 10.5. The van der Waals surface area contributed by atoms with Gasteiger partial charge in [-0.05, 0) is 13.3 Å². The molecule has 2 rings (SSSR count). The molecule has 0 radical (unpaired) electrons. The first-order valence-corrected chi connectivity index (χ1v) is 5.21. The van der Waals surface area contributed by atoms with Gasteiger partial charge in [-0.3, -0.25) is 9.20 Å². The van der Waals surface area contributed by atoms with E-state index in [1.165, 1.54) is 6.07 Å². The summed E-state index contributed by atoms with van der Waals surface area (Å²) in [5.74, 6) is 3.28. The largest absolute Gasteiger partial charge is 0.317 e. The van der Waals surface area contributed by atoms with Crippen molar-refractivity contribution in [1.82, 2.24) is 14.0 Å². The van der Waals surface area contributed by atoms with Gasteiger partial charge in [0.25, 0.3) is 5.56 Å². The summed E-state index contributed by atoms with van der Waals surface area (Å²) in [7, 11) is 0. The minimum absolute atomic E-state index is 0.200. The second-order valence-electron chi connectivity index (χ2n) is 3.70. The van der Waals surface area contributed by atoms with Crippen LogP contribution in [0, 0.1) is 19.3 Å². The van der Waals surface area contributed by atoms with E-state index in [1.54, 1.807) is 0 Å². The molecule has 0 unspecified atom stereocenters. The van der Waals surface area contributed by atoms with Crippen molar-refractivity contribution in [2.75, 3.05) is 0 Å². The first kappa shape index (κ1) is 10.5. The van der Waals surface area contributed by atoms with E-state index in [-0.39, 0.29) is 5.56 Å². The third kappa shape index (κ3) is 1.84. The zero-order valence-corrected chi connectivity index (χ0v) is 9.18. The molecule has 4 heteroatoms. The minimum Gasteiger partial charge on any atom is -0.317 e. The number of fused-ring (bicyclic) bond motifs is 1. The number of aromatic nitrogens is 3. The van der Waals surface area contributed by atoms with E-state index in [0.29, 0.717) is 5.78 Å². The Kier molecular flexibility index (Phi) is 2.78. The summed E-state index contributed by atoms with van der Waals surface area (Å²) in [4.78, 5) is 15.3. The highest BCUT2D eigenvalue weighted by molar-refractivity contribution is 5.31. The van der Waals surface area contributed by atoms with E-state index in [9.17, 15) is 4.79 Å². The van der Waals surface area contributed by atoms with Crippen molar-refractivity contribution in [3.63, 3.8) is 0 Å². The van der Waals surface area contributed by atoms with Crippen molar-refractivity contribution in [2.24, 2.45) is 0 Å². The fourth-order valence-electron chi connectivity index (χ4n) is 1.72. The monoisotopic (exact) mass is 215 g/mol. The van der Waals surface area contributed by atoms with Crippen LogP contribution in [0.5, 0.6) is 0 Å². The Bertz CT molecular complexity index is 601. The average molecular weight is 215 g/mol. The van der Waals surface area contributed by atoms with E-state index < -0.39 is 0 Å². The first-order chi connectivity index (χ1) is 7.72. The van der Waals surface area contributed by atoms with Crippen LogP contribution in [0.1, 0.15) is 18.5 Å². The number of nitrogens with zero attached hydrogens (tertiary/aromatic N) is 3. The Balaban J connectivity index is 2.41. The van der Waals surface area contributed by atoms with Crippen molar-refractivity contribution in [1.29, 1.82) is 0 Å². The highest BCUT2D eigenvalue weighted by Crippen LogP contribution is 2.05. The molecule has 0 spiro atoms. The predicted molar refractivity (Wildman–Crippen MR) is 62.3 cm³/mol. The van der Waals surface area contributed by atoms with Crippen LogP contribution < -0.4 is 5.56 Å². The van der Waals surface area contributed by atoms with Crippen LogP contribution in [0.15, 0.2) is 23.3 Å². The quantitative estimate of drug-likeness (QED) is 0.570. The van der Waals surface area contributed by atoms with Gasteiger partial charge in [-0.1, -0.05) is 0 Å². The minimum atomic E-state index is -0.200. The summed E-state index contributed by atoms with van der Waals surface area (Å²) in [6.07, 6.45) is 10.7. The molecule has 0 aliphatic rings. The van der Waals surface area contributed by atoms with Crippen molar-refractivity contribution in [2.45, 2.75) is 26.3 Å². The number of rotatable bonds is 3. The summed E-state index contributed by atoms with van der Waals surface area (Å²) in [5, 5.41) is 0. The maximum absolute atomic E-state index is 11.3. The number of hydrogen-bond donors (Lipinski definition) is 0. The molecule has 0 bridgehead atoms. The highest BCUT2D eigenvalue weighted by atomic mass is 16.1. The smallest absolute Gasteiger partial charge is 0.274 e. The standard InChI is InChI=1S/C12H13N3O/c1-3-4-5-6-14-7-8-15-10(2)9-11(16)13-12(14)15/h1,7-9H,4-6H2,2H3. The zero-order valence-electron chi connectivity index (χ0n) is 9.18. The van der Waals surface area contributed by atoms with E-state index >= 15 is 0 Å². The molecule has 0 aromatic carbocycles. The van der Waals surface area contributed by atoms with Gasteiger partial charge in [0.2, 0.25) is 5.78 Å². The Morgan fingerprint density at radius 3 is 3.06 bits per heavy atom. The fraction of sp³-hybridized carbons (Fsp3) is 0.333. The molecule has 0 saturated heterocycles. The number of unbranched alkanes of at least 4 members (excludes halogenated alkanes) is 1. The van der Waals surface area contributed by atoms with Gasteiger partial charge in [0, 0.05) is 37.1 Å². The third-order valence-corrected chi connectivity index (χ3v) is 2.51. The molecule has 2 aromatic heterocycles. The van der Waals surface area contributed by atoms with E-state index in [1.807, 2.05) is 28.3 Å². The number of terminal acetylenes is 1. The lowest BCUT2D eigenvalue weighted by atomic mass is 10.3. The van der Waals surface area contributed by atoms with E-state index in [4.69, 9.17) is 6.42 Å². The van der Waals surface area contributed by atoms with Gasteiger partial charge in [-0.15, -0.1) is 12.3 Å². The number of aryl methyl sites for hydroxylation is 2. The van der Waals surface area contributed by atoms with Crippen molar-refractivity contribution < 1.29 is 0 Å². The molecule has 0 atom stereocenters. The van der Waals surface area contributed by atoms with E-state index in [2.05, 4.69) is 10.9 Å². The molecule has 0 fully saturated rings. The average Bonchev–Trinajstić information content (AvgIpc) is 2.62. The molecule has 82 valence electrons. The first-order valence-electron chi connectivity index (χ1n) is 5.21. The molecule has 2 aromatic rings. The van der Waals surface area contributed by atoms with Crippen molar-refractivity contribution in [3.05, 3.63) is 34.5 Å². The molecular formula is C12H13N3O. The molecule has 16 heavy (non-hydrogen) atoms. The molecule has 2 heterocycles. The van der Waals surface area contributed by atoms with Crippen molar-refractivity contribution >= 4 is 5.78 Å². The maximum Gasteiger partial charge on any atom is 0.274 e. The van der Waals surface area contributed by atoms with Crippen LogP contribution >= 0.6 is 0 Å². The Morgan fingerprint density at radius 1 is 1.50 bits per heavy atom. The number of hydrogen-bond acceptors (Lipinski definition) is 2. The summed E-state index contributed by atoms with van der Waals surface area (Å²) < 4.78 is 3.85. The topological polar surface area (TPSA) is 39.3 Å². The van der Waals surface area contributed by atoms with Crippen LogP contribution in [0.25, 0.3) is 5.78 Å². The van der Waals surface area contributed by atoms with Gasteiger partial charge < -0.3 is 4.57 Å². The lowest BCUT2D eigenvalue weighted by molar-refractivity contribution is 0.665. The molecule has 0 N–H and O–H groups in total. The molecule has 4 nitrogen and oxygen atoms in total. The molecule has 0 aliphatic carbocycles. The lowest BCUT2D eigenvalue weighted by Gasteiger charge is -2.03. The van der Waals surface area contributed by atoms with Gasteiger partial charge in [-0.25, -0.2) is 0 Å². The predicted octanol–water partition coefficient (Wildman–Crippen LogP) is 1.22. The van der Waals surface area contributed by atoms with Gasteiger partial charge in [0.15, 0.2) is 0 Å². The number of imidazole rings is 1. The van der Waals surface area contributed by atoms with Gasteiger partial charge in [0.05, 0.1) is 0 Å². The van der Waals surface area contributed by atoms with Gasteiger partial charge >= 0.3 is 0 Å². The highest BCUT2D eigenvalue weighted by Gasteiger charge is 2.04.